The van der Waals surface area contributed by atoms with Crippen molar-refractivity contribution in [3.05, 3.63) is 53.1 Å². The lowest BCUT2D eigenvalue weighted by Crippen LogP contribution is -2.07. The van der Waals surface area contributed by atoms with E-state index in [9.17, 15) is 13.6 Å². The highest BCUT2D eigenvalue weighted by Crippen LogP contribution is 2.39. The van der Waals surface area contributed by atoms with Crippen molar-refractivity contribution < 1.29 is 13.6 Å². The fourth-order valence-corrected chi connectivity index (χ4v) is 2.48. The smallest absolute Gasteiger partial charge is 0.221 e. The first-order valence-corrected chi connectivity index (χ1v) is 5.93. The van der Waals surface area contributed by atoms with Crippen molar-refractivity contribution in [1.82, 2.24) is 0 Å². The predicted octanol–water partition coefficient (Wildman–Crippen LogP) is 3.49. The molecule has 0 unspecified atom stereocenters. The van der Waals surface area contributed by atoms with E-state index in [1.165, 1.54) is 25.1 Å². The maximum absolute atomic E-state index is 13.9. The van der Waals surface area contributed by atoms with E-state index in [0.29, 0.717) is 6.42 Å². The quantitative estimate of drug-likeness (QED) is 0.712. The van der Waals surface area contributed by atoms with Crippen molar-refractivity contribution in [1.29, 1.82) is 0 Å². The molecule has 0 aromatic heterocycles. The maximum atomic E-state index is 13.9. The van der Waals surface area contributed by atoms with Gasteiger partial charge in [0.15, 0.2) is 0 Å². The molecule has 3 rings (SSSR count). The van der Waals surface area contributed by atoms with Gasteiger partial charge in [0.2, 0.25) is 5.91 Å². The van der Waals surface area contributed by atoms with E-state index in [1.54, 1.807) is 12.1 Å². The van der Waals surface area contributed by atoms with Gasteiger partial charge in [-0.15, -0.1) is 0 Å². The second kappa shape index (κ2) is 4.16. The summed E-state index contributed by atoms with van der Waals surface area (Å²) in [5.41, 5.74) is 3.52. The molecule has 1 N–H and O–H groups in total. The predicted molar refractivity (Wildman–Crippen MR) is 68.9 cm³/mol. The lowest BCUT2D eigenvalue weighted by atomic mass is 10.0. The van der Waals surface area contributed by atoms with Gasteiger partial charge in [-0.1, -0.05) is 6.07 Å². The molecular formula is C15H11F2NO. The van der Waals surface area contributed by atoms with Crippen LogP contribution in [0.3, 0.4) is 0 Å². The molecule has 0 heterocycles. The summed E-state index contributed by atoms with van der Waals surface area (Å²) in [6.45, 7) is 1.33. The Bertz CT molecular complexity index is 695. The summed E-state index contributed by atoms with van der Waals surface area (Å²) in [7, 11) is 0. The highest BCUT2D eigenvalue weighted by molar-refractivity contribution is 5.90. The zero-order valence-corrected chi connectivity index (χ0v) is 10.3. The maximum Gasteiger partial charge on any atom is 0.221 e. The Labute approximate surface area is 109 Å². The van der Waals surface area contributed by atoms with Gasteiger partial charge in [0.05, 0.1) is 5.69 Å². The summed E-state index contributed by atoms with van der Waals surface area (Å²) < 4.78 is 27.1. The number of fused-ring (bicyclic) bond motifs is 3. The molecule has 0 radical (unpaired) electrons. The minimum atomic E-state index is -0.480. The second-order valence-corrected chi connectivity index (χ2v) is 4.65. The van der Waals surface area contributed by atoms with Crippen LogP contribution in [0.15, 0.2) is 30.3 Å². The summed E-state index contributed by atoms with van der Waals surface area (Å²) in [6.07, 6.45) is 0.551. The summed E-state index contributed by atoms with van der Waals surface area (Å²) in [4.78, 5) is 11.0. The highest BCUT2D eigenvalue weighted by Gasteiger charge is 2.21. The van der Waals surface area contributed by atoms with Gasteiger partial charge in [0.1, 0.15) is 11.6 Å². The van der Waals surface area contributed by atoms with E-state index in [2.05, 4.69) is 5.32 Å². The van der Waals surface area contributed by atoms with Crippen LogP contribution in [0.1, 0.15) is 18.1 Å². The first kappa shape index (κ1) is 11.8. The average Bonchev–Trinajstić information content (AvgIpc) is 2.65. The number of anilines is 1. The van der Waals surface area contributed by atoms with Crippen LogP contribution in [-0.2, 0) is 11.2 Å². The van der Waals surface area contributed by atoms with E-state index >= 15 is 0 Å². The Morgan fingerprint density at radius 3 is 2.58 bits per heavy atom. The zero-order chi connectivity index (χ0) is 13.6. The summed E-state index contributed by atoms with van der Waals surface area (Å²) in [6, 6.07) is 7.50. The first-order chi connectivity index (χ1) is 9.04. The molecule has 96 valence electrons. The van der Waals surface area contributed by atoms with Crippen LogP contribution < -0.4 is 5.32 Å². The van der Waals surface area contributed by atoms with Crippen LogP contribution in [0.2, 0.25) is 0 Å². The number of hydrogen-bond donors (Lipinski definition) is 1. The molecule has 2 aromatic carbocycles. The molecule has 19 heavy (non-hydrogen) atoms. The van der Waals surface area contributed by atoms with Crippen molar-refractivity contribution in [2.45, 2.75) is 13.3 Å². The number of amides is 1. The van der Waals surface area contributed by atoms with Crippen molar-refractivity contribution in [3.8, 4) is 11.1 Å². The lowest BCUT2D eigenvalue weighted by molar-refractivity contribution is -0.114. The Hall–Kier alpha value is -2.23. The third-order valence-corrected chi connectivity index (χ3v) is 3.24. The van der Waals surface area contributed by atoms with Gasteiger partial charge in [-0.05, 0) is 52.9 Å². The normalized spacial score (nSPS) is 11.9. The molecule has 1 amide bonds. The van der Waals surface area contributed by atoms with Gasteiger partial charge in [-0.25, -0.2) is 8.78 Å². The number of hydrogen-bond acceptors (Lipinski definition) is 1. The number of benzene rings is 2. The topological polar surface area (TPSA) is 29.1 Å². The number of carbonyl (C=O) groups is 1. The van der Waals surface area contributed by atoms with Gasteiger partial charge in [0.25, 0.3) is 0 Å². The SMILES string of the molecule is CC(=O)Nc1cc2c(cc1F)-c1ccc(F)cc1C2. The minimum absolute atomic E-state index is 0.166. The van der Waals surface area contributed by atoms with Crippen LogP contribution in [0.25, 0.3) is 11.1 Å². The van der Waals surface area contributed by atoms with E-state index in [4.69, 9.17) is 0 Å². The third kappa shape index (κ3) is 1.99. The van der Waals surface area contributed by atoms with Gasteiger partial charge in [0, 0.05) is 6.92 Å². The van der Waals surface area contributed by atoms with Gasteiger partial charge in [-0.2, -0.15) is 0 Å². The number of nitrogens with one attached hydrogen (secondary N) is 1. The lowest BCUT2D eigenvalue weighted by Gasteiger charge is -2.07. The number of halogens is 2. The fourth-order valence-electron chi connectivity index (χ4n) is 2.48. The van der Waals surface area contributed by atoms with Crippen molar-refractivity contribution >= 4 is 11.6 Å². The molecule has 1 aliphatic carbocycles. The van der Waals surface area contributed by atoms with Gasteiger partial charge >= 0.3 is 0 Å². The molecule has 2 nitrogen and oxygen atoms in total. The molecule has 2 aromatic rings. The van der Waals surface area contributed by atoms with Gasteiger partial charge < -0.3 is 5.32 Å². The van der Waals surface area contributed by atoms with E-state index < -0.39 is 5.82 Å². The van der Waals surface area contributed by atoms with Crippen LogP contribution in [0, 0.1) is 11.6 Å². The Balaban J connectivity index is 2.10. The third-order valence-electron chi connectivity index (χ3n) is 3.24. The van der Waals surface area contributed by atoms with Crippen molar-refractivity contribution in [2.24, 2.45) is 0 Å². The first-order valence-electron chi connectivity index (χ1n) is 5.93. The van der Waals surface area contributed by atoms with Crippen molar-refractivity contribution in [2.75, 3.05) is 5.32 Å². The average molecular weight is 259 g/mol. The van der Waals surface area contributed by atoms with Crippen LogP contribution in [0.4, 0.5) is 14.5 Å². The standard InChI is InChI=1S/C15H11F2NO/c1-8(19)18-15-6-10-4-9-5-11(16)2-3-12(9)13(10)7-14(15)17/h2-3,5-7H,4H2,1H3,(H,18,19). The summed E-state index contributed by atoms with van der Waals surface area (Å²) in [5, 5.41) is 2.45. The Morgan fingerprint density at radius 2 is 1.84 bits per heavy atom. The molecule has 0 aliphatic heterocycles. The largest absolute Gasteiger partial charge is 0.324 e. The fraction of sp³-hybridized carbons (Fsp3) is 0.133. The van der Waals surface area contributed by atoms with Gasteiger partial charge in [-0.3, -0.25) is 4.79 Å². The number of carbonyl (C=O) groups excluding carboxylic acids is 1. The van der Waals surface area contributed by atoms with E-state index in [0.717, 1.165) is 22.3 Å². The second-order valence-electron chi connectivity index (χ2n) is 4.65. The highest BCUT2D eigenvalue weighted by atomic mass is 19.1. The molecule has 0 saturated heterocycles. The van der Waals surface area contributed by atoms with Crippen LogP contribution in [0.5, 0.6) is 0 Å². The molecule has 0 bridgehead atoms. The zero-order valence-electron chi connectivity index (χ0n) is 10.3. The summed E-state index contributed by atoms with van der Waals surface area (Å²) in [5.74, 6) is -1.10. The van der Waals surface area contributed by atoms with Crippen molar-refractivity contribution in [3.63, 3.8) is 0 Å². The molecule has 0 fully saturated rings. The molecule has 0 spiro atoms. The molecule has 0 atom stereocenters. The molecular weight excluding hydrogens is 248 g/mol. The van der Waals surface area contributed by atoms with E-state index in [1.807, 2.05) is 0 Å². The monoisotopic (exact) mass is 259 g/mol. The van der Waals surface area contributed by atoms with Crippen LogP contribution >= 0.6 is 0 Å². The molecule has 1 aliphatic rings. The van der Waals surface area contributed by atoms with Crippen LogP contribution in [-0.4, -0.2) is 5.91 Å². The number of rotatable bonds is 1. The summed E-state index contributed by atoms with van der Waals surface area (Å²) >= 11 is 0. The molecule has 0 saturated carbocycles. The van der Waals surface area contributed by atoms with E-state index in [-0.39, 0.29) is 17.4 Å². The Morgan fingerprint density at radius 1 is 1.11 bits per heavy atom. The Kier molecular flexibility index (Phi) is 2.59. The molecule has 4 heteroatoms. The minimum Gasteiger partial charge on any atom is -0.324 e.